The van der Waals surface area contributed by atoms with Gasteiger partial charge in [0.05, 0.1) is 34.6 Å². The molecule has 8 nitrogen and oxygen atoms in total. The fraction of sp³-hybridized carbons (Fsp3) is 0.361. The number of hydrogen-bond donors (Lipinski definition) is 4. The normalized spacial score (nSPS) is 18.2. The number of fused-ring (bicyclic) bond motifs is 1. The van der Waals surface area contributed by atoms with E-state index in [1.807, 2.05) is 36.4 Å². The van der Waals surface area contributed by atoms with Crippen molar-refractivity contribution < 1.29 is 14.6 Å². The first-order chi connectivity index (χ1) is 22.3. The SMILES string of the molecule is COc1nc(-c2cccc(-c3ccnc(-c4ccc5c(c4)CCC[C@@H]5NC[C@@H]4CCC(=O)N4)c3Cl)c2Cl)ccc1CNC[C@H](C)O. The van der Waals surface area contributed by atoms with Gasteiger partial charge in [0.2, 0.25) is 11.8 Å². The van der Waals surface area contributed by atoms with Crippen LogP contribution < -0.4 is 20.7 Å². The van der Waals surface area contributed by atoms with Crippen LogP contribution in [0.1, 0.15) is 55.3 Å². The molecule has 1 saturated heterocycles. The second-order valence-electron chi connectivity index (χ2n) is 12.1. The number of aliphatic hydroxyl groups is 1. The number of methoxy groups -OCH3 is 1. The van der Waals surface area contributed by atoms with Crippen molar-refractivity contribution in [1.82, 2.24) is 25.9 Å². The second-order valence-corrected chi connectivity index (χ2v) is 12.9. The summed E-state index contributed by atoms with van der Waals surface area (Å²) in [6.45, 7) is 3.50. The maximum absolute atomic E-state index is 11.6. The number of pyridine rings is 2. The van der Waals surface area contributed by atoms with Gasteiger partial charge in [-0.1, -0.05) is 59.6 Å². The van der Waals surface area contributed by atoms with Crippen LogP contribution >= 0.6 is 23.2 Å². The number of carbonyl (C=O) groups is 1. The average molecular weight is 661 g/mol. The van der Waals surface area contributed by atoms with Gasteiger partial charge in [-0.05, 0) is 61.9 Å². The number of rotatable bonds is 11. The van der Waals surface area contributed by atoms with Crippen LogP contribution in [0, 0.1) is 0 Å². The molecule has 0 saturated carbocycles. The lowest BCUT2D eigenvalue weighted by molar-refractivity contribution is -0.119. The fourth-order valence-electron chi connectivity index (χ4n) is 6.43. The third-order valence-corrected chi connectivity index (χ3v) is 9.56. The number of ether oxygens (including phenoxy) is 1. The minimum Gasteiger partial charge on any atom is -0.481 e. The zero-order chi connectivity index (χ0) is 32.2. The number of carbonyl (C=O) groups excluding carboxylic acids is 1. The largest absolute Gasteiger partial charge is 0.481 e. The van der Waals surface area contributed by atoms with Gasteiger partial charge in [-0.2, -0.15) is 0 Å². The van der Waals surface area contributed by atoms with Crippen molar-refractivity contribution >= 4 is 29.1 Å². The Kier molecular flexibility index (Phi) is 10.2. The lowest BCUT2D eigenvalue weighted by atomic mass is 9.86. The first-order valence-corrected chi connectivity index (χ1v) is 16.6. The quantitative estimate of drug-likeness (QED) is 0.145. The minimum absolute atomic E-state index is 0.143. The summed E-state index contributed by atoms with van der Waals surface area (Å²) in [4.78, 5) is 21.1. The first-order valence-electron chi connectivity index (χ1n) is 15.8. The number of aromatic nitrogens is 2. The van der Waals surface area contributed by atoms with Crippen LogP contribution in [0.5, 0.6) is 5.88 Å². The Balaban J connectivity index is 1.26. The van der Waals surface area contributed by atoms with Crippen LogP contribution in [-0.2, 0) is 17.8 Å². The monoisotopic (exact) mass is 659 g/mol. The Morgan fingerprint density at radius 2 is 1.87 bits per heavy atom. The number of hydrogen-bond acceptors (Lipinski definition) is 7. The number of amides is 1. The van der Waals surface area contributed by atoms with Gasteiger partial charge in [-0.15, -0.1) is 0 Å². The summed E-state index contributed by atoms with van der Waals surface area (Å²) in [5, 5.41) is 20.6. The minimum atomic E-state index is -0.443. The summed E-state index contributed by atoms with van der Waals surface area (Å²) in [6.07, 6.45) is 5.99. The van der Waals surface area contributed by atoms with E-state index in [1.54, 1.807) is 20.2 Å². The molecule has 2 aromatic heterocycles. The Bertz CT molecular complexity index is 1730. The van der Waals surface area contributed by atoms with E-state index in [9.17, 15) is 9.90 Å². The van der Waals surface area contributed by atoms with Crippen molar-refractivity contribution in [2.24, 2.45) is 0 Å². The molecular formula is C36H39Cl2N5O3. The van der Waals surface area contributed by atoms with Crippen LogP contribution in [0.4, 0.5) is 0 Å². The van der Waals surface area contributed by atoms with Crippen molar-refractivity contribution in [2.75, 3.05) is 20.2 Å². The van der Waals surface area contributed by atoms with Crippen LogP contribution in [0.3, 0.4) is 0 Å². The van der Waals surface area contributed by atoms with Crippen LogP contribution in [0.25, 0.3) is 33.6 Å². The molecule has 1 aliphatic carbocycles. The molecule has 4 N–H and O–H groups in total. The molecule has 0 bridgehead atoms. The Morgan fingerprint density at radius 3 is 2.65 bits per heavy atom. The molecule has 2 aliphatic rings. The van der Waals surface area contributed by atoms with Crippen LogP contribution in [0.15, 0.2) is 60.8 Å². The number of nitrogens with one attached hydrogen (secondary N) is 3. The van der Waals surface area contributed by atoms with Crippen molar-refractivity contribution in [3.8, 4) is 39.5 Å². The number of benzene rings is 2. The second kappa shape index (κ2) is 14.5. The Labute approximate surface area is 279 Å². The first kappa shape index (κ1) is 32.4. The molecule has 10 heteroatoms. The van der Waals surface area contributed by atoms with Gasteiger partial charge in [0.1, 0.15) is 0 Å². The van der Waals surface area contributed by atoms with E-state index in [0.717, 1.165) is 60.0 Å². The highest BCUT2D eigenvalue weighted by Crippen LogP contribution is 2.42. The Morgan fingerprint density at radius 1 is 1.04 bits per heavy atom. The van der Waals surface area contributed by atoms with E-state index < -0.39 is 6.10 Å². The third-order valence-electron chi connectivity index (χ3n) is 8.77. The van der Waals surface area contributed by atoms with Crippen molar-refractivity contribution in [3.63, 3.8) is 0 Å². The molecule has 3 atom stereocenters. The molecule has 3 heterocycles. The van der Waals surface area contributed by atoms with E-state index in [-0.39, 0.29) is 18.0 Å². The van der Waals surface area contributed by atoms with Gasteiger partial charge in [0, 0.05) is 72.2 Å². The van der Waals surface area contributed by atoms with E-state index in [0.29, 0.717) is 46.8 Å². The van der Waals surface area contributed by atoms with Gasteiger partial charge >= 0.3 is 0 Å². The summed E-state index contributed by atoms with van der Waals surface area (Å²) in [7, 11) is 1.59. The number of nitrogens with zero attached hydrogens (tertiary/aromatic N) is 2. The zero-order valence-corrected chi connectivity index (χ0v) is 27.6. The summed E-state index contributed by atoms with van der Waals surface area (Å²) in [6, 6.07) is 18.6. The predicted octanol–water partition coefficient (Wildman–Crippen LogP) is 6.51. The van der Waals surface area contributed by atoms with Gasteiger partial charge in [0.25, 0.3) is 0 Å². The molecule has 1 aliphatic heterocycles. The number of aryl methyl sites for hydroxylation is 1. The van der Waals surface area contributed by atoms with Crippen LogP contribution in [0.2, 0.25) is 10.0 Å². The highest BCUT2D eigenvalue weighted by molar-refractivity contribution is 6.39. The van der Waals surface area contributed by atoms with Gasteiger partial charge in [-0.3, -0.25) is 9.78 Å². The Hall–Kier alpha value is -3.53. The smallest absolute Gasteiger partial charge is 0.220 e. The highest BCUT2D eigenvalue weighted by atomic mass is 35.5. The molecule has 46 heavy (non-hydrogen) atoms. The van der Waals surface area contributed by atoms with E-state index in [1.165, 1.54) is 11.1 Å². The maximum Gasteiger partial charge on any atom is 0.220 e. The zero-order valence-electron chi connectivity index (χ0n) is 26.1. The van der Waals surface area contributed by atoms with Crippen molar-refractivity contribution in [2.45, 2.75) is 63.8 Å². The van der Waals surface area contributed by atoms with E-state index in [4.69, 9.17) is 37.9 Å². The fourth-order valence-corrected chi connectivity index (χ4v) is 7.07. The molecule has 1 fully saturated rings. The van der Waals surface area contributed by atoms with E-state index in [2.05, 4.69) is 34.1 Å². The van der Waals surface area contributed by atoms with Crippen molar-refractivity contribution in [3.05, 3.63) is 87.5 Å². The molecule has 0 unspecified atom stereocenters. The lowest BCUT2D eigenvalue weighted by Crippen LogP contribution is -2.38. The van der Waals surface area contributed by atoms with Gasteiger partial charge < -0.3 is 25.8 Å². The molecule has 0 spiro atoms. The molecule has 240 valence electrons. The maximum atomic E-state index is 11.6. The molecule has 2 aromatic carbocycles. The molecular weight excluding hydrogens is 621 g/mol. The van der Waals surface area contributed by atoms with Crippen molar-refractivity contribution in [1.29, 1.82) is 0 Å². The predicted molar refractivity (Wildman–Crippen MR) is 183 cm³/mol. The number of aliphatic hydroxyl groups excluding tert-OH is 1. The molecule has 6 rings (SSSR count). The topological polar surface area (TPSA) is 108 Å². The van der Waals surface area contributed by atoms with Gasteiger partial charge in [-0.25, -0.2) is 4.98 Å². The highest BCUT2D eigenvalue weighted by Gasteiger charge is 2.25. The van der Waals surface area contributed by atoms with E-state index >= 15 is 0 Å². The lowest BCUT2D eigenvalue weighted by Gasteiger charge is -2.28. The number of halogens is 2. The summed E-state index contributed by atoms with van der Waals surface area (Å²) >= 11 is 14.2. The molecule has 4 aromatic rings. The third kappa shape index (κ3) is 7.06. The summed E-state index contributed by atoms with van der Waals surface area (Å²) in [5.41, 5.74) is 8.18. The molecule has 0 radical (unpaired) electrons. The summed E-state index contributed by atoms with van der Waals surface area (Å²) in [5.74, 6) is 0.640. The van der Waals surface area contributed by atoms with Gasteiger partial charge in [0.15, 0.2) is 0 Å². The average Bonchev–Trinajstić information content (AvgIpc) is 3.48. The summed E-state index contributed by atoms with van der Waals surface area (Å²) < 4.78 is 5.59. The standard InChI is InChI=1S/C36H39Cl2N5O3/c1-21(44)18-39-19-24-10-13-31(43-36(24)46-2)29-7-4-6-27(33(29)37)28-15-16-40-35(34(28)38)23-9-12-26-22(17-23)5-3-8-30(26)41-20-25-11-14-32(45)42-25/h4,6-7,9-10,12-13,15-17,21,25,30,39,41,44H,3,5,8,11,14,18-20H2,1-2H3,(H,42,45)/t21-,25-,30-/m0/s1. The molecule has 1 amide bonds. The van der Waals surface area contributed by atoms with Crippen LogP contribution in [-0.4, -0.2) is 53.3 Å².